The Hall–Kier alpha value is -11.6. The van der Waals surface area contributed by atoms with Crippen molar-refractivity contribution in [2.24, 2.45) is 17.8 Å². The van der Waals surface area contributed by atoms with Crippen molar-refractivity contribution >= 4 is 116 Å². The molecule has 0 aliphatic carbocycles. The Morgan fingerprint density at radius 2 is 0.703 bits per heavy atom. The van der Waals surface area contributed by atoms with Crippen LogP contribution < -0.4 is 24.5 Å². The SMILES string of the molecule is CC1CCN(C(=O)c2ccc3c(c2)C(C)(C)CCN3c2cnccn2)CC1.CC1CCN(C(=O)c2ccc3c(c2)CCCN3c2cnccn2)CC1.CC1CCN(C(=O)c2ccc3c(c2)CCCN3c2cncnc2)CC1.O=C(c1ccc2c(c1)CCC(=O)N2c1cccc(Cl)c1)N1CCCCC1.O=C(c1ccc2c(c1)CCCN2c1cccc(Cl)c1)N1CCCCC1. The van der Waals surface area contributed by atoms with Crippen molar-refractivity contribution in [3.05, 3.63) is 261 Å². The Labute approximate surface area is 764 Å². The van der Waals surface area contributed by atoms with E-state index in [9.17, 15) is 28.8 Å². The van der Waals surface area contributed by atoms with E-state index in [1.165, 1.54) is 46.5 Å². The Morgan fingerprint density at radius 3 is 1.13 bits per heavy atom. The first-order chi connectivity index (χ1) is 62.2. The van der Waals surface area contributed by atoms with Gasteiger partial charge in [0.15, 0.2) is 11.6 Å². The lowest BCUT2D eigenvalue weighted by atomic mass is 9.77. The molecule has 20 rings (SSSR count). The maximum atomic E-state index is 13.0. The van der Waals surface area contributed by atoms with Crippen LogP contribution in [-0.4, -0.2) is 181 Å². The summed E-state index contributed by atoms with van der Waals surface area (Å²) < 4.78 is 0. The number of likely N-dealkylation sites (tertiary alicyclic amines) is 5. The van der Waals surface area contributed by atoms with Gasteiger partial charge in [-0.3, -0.25) is 43.6 Å². The summed E-state index contributed by atoms with van der Waals surface area (Å²) in [7, 11) is 0. The fourth-order valence-electron chi connectivity index (χ4n) is 19.5. The molecule has 0 bridgehead atoms. The molecule has 0 N–H and O–H groups in total. The molecule has 10 aromatic rings. The number of benzene rings is 7. The van der Waals surface area contributed by atoms with Gasteiger partial charge >= 0.3 is 0 Å². The van der Waals surface area contributed by atoms with Crippen LogP contribution in [-0.2, 0) is 35.9 Å². The first-order valence-corrected chi connectivity index (χ1v) is 47.3. The van der Waals surface area contributed by atoms with Gasteiger partial charge in [0.05, 0.1) is 41.8 Å². The van der Waals surface area contributed by atoms with Gasteiger partial charge in [0.2, 0.25) is 5.91 Å². The van der Waals surface area contributed by atoms with Gasteiger partial charge in [0, 0.05) is 189 Å². The lowest BCUT2D eigenvalue weighted by Crippen LogP contribution is -2.39. The third-order valence-electron chi connectivity index (χ3n) is 27.2. The highest BCUT2D eigenvalue weighted by atomic mass is 35.5. The highest BCUT2D eigenvalue weighted by Gasteiger charge is 2.36. The van der Waals surface area contributed by atoms with Gasteiger partial charge in [-0.25, -0.2) is 19.9 Å². The molecule has 3 aromatic heterocycles. The van der Waals surface area contributed by atoms with E-state index in [4.69, 9.17) is 23.2 Å². The minimum Gasteiger partial charge on any atom is -0.341 e. The van der Waals surface area contributed by atoms with Crippen LogP contribution in [0.2, 0.25) is 10.0 Å². The average Bonchev–Trinajstić information content (AvgIpc) is 0.754. The van der Waals surface area contributed by atoms with Gasteiger partial charge in [0.25, 0.3) is 29.5 Å². The third kappa shape index (κ3) is 21.4. The average molecular weight is 1760 g/mol. The topological polar surface area (TPSA) is 212 Å². The molecular formula is C104H120Cl2N16O6. The summed E-state index contributed by atoms with van der Waals surface area (Å²) in [6, 6.07) is 45.6. The summed E-state index contributed by atoms with van der Waals surface area (Å²) in [6.45, 7) is 23.8. The number of piperidine rings is 5. The summed E-state index contributed by atoms with van der Waals surface area (Å²) in [5.41, 5.74) is 18.4. The second-order valence-corrected chi connectivity index (χ2v) is 37.6. The molecule has 0 atom stereocenters. The lowest BCUT2D eigenvalue weighted by molar-refractivity contribution is -0.118. The molecule has 5 saturated heterocycles. The van der Waals surface area contributed by atoms with E-state index >= 15 is 0 Å². The quantitative estimate of drug-likeness (QED) is 0.125. The van der Waals surface area contributed by atoms with Gasteiger partial charge < -0.3 is 44.1 Å². The number of aromatic nitrogens is 6. The smallest absolute Gasteiger partial charge is 0.253 e. The first-order valence-electron chi connectivity index (χ1n) is 46.6. The first kappa shape index (κ1) is 89.8. The number of aryl methyl sites for hydroxylation is 4. The van der Waals surface area contributed by atoms with Crippen LogP contribution in [0.1, 0.15) is 223 Å². The van der Waals surface area contributed by atoms with Crippen LogP contribution in [0.5, 0.6) is 0 Å². The van der Waals surface area contributed by atoms with E-state index in [2.05, 4.69) is 139 Å². The minimum absolute atomic E-state index is 0.0285. The molecule has 128 heavy (non-hydrogen) atoms. The Morgan fingerprint density at radius 1 is 0.336 bits per heavy atom. The van der Waals surface area contributed by atoms with E-state index < -0.39 is 0 Å². The molecule has 0 radical (unpaired) electrons. The van der Waals surface area contributed by atoms with Crippen LogP contribution in [0.15, 0.2) is 195 Å². The number of carbonyl (C=O) groups is 6. The van der Waals surface area contributed by atoms with Gasteiger partial charge in [-0.1, -0.05) is 70.0 Å². The van der Waals surface area contributed by atoms with Crippen molar-refractivity contribution in [2.45, 2.75) is 175 Å². The number of anilines is 10. The number of fused-ring (bicyclic) bond motifs is 5. The van der Waals surface area contributed by atoms with Crippen LogP contribution in [0.4, 0.5) is 57.1 Å². The number of halogens is 2. The van der Waals surface area contributed by atoms with E-state index in [1.807, 2.05) is 110 Å². The molecule has 6 amide bonds. The van der Waals surface area contributed by atoms with Crippen molar-refractivity contribution in [1.82, 2.24) is 54.4 Å². The highest BCUT2D eigenvalue weighted by molar-refractivity contribution is 6.31. The van der Waals surface area contributed by atoms with Gasteiger partial charge in [-0.05, 0) is 307 Å². The standard InChI is InChI=1S/C22H28N4O.C21H21ClN2O2.C21H23ClN2O.2C20H24N4O/c1-16-6-11-25(12-7-16)21(27)17-4-5-19-18(14-17)22(2,3)8-13-26(19)20-15-23-9-10-24-20;22-17-5-4-6-18(14-17)24-19-9-7-16(13-15(19)8-10-20(24)25)21(26)23-11-2-1-3-12-23;22-18-7-4-8-19(15-18)24-13-5-6-16-14-17(9-10-20(16)24)21(25)23-11-2-1-3-12-23;1-15-6-11-23(12-7-15)20(25)17-4-5-18-16(13-17)3-2-10-24(18)19-14-21-8-9-22-19;1-15-6-9-23(10-7-15)20(25)17-4-5-19-16(11-17)3-2-8-24(19)18-12-21-14-22-13-18/h4-5,9-10,14-16H,6-8,11-13H2,1-3H3;4-7,9,13-14H,1-3,8,10-12H2;4,7-10,14-15H,1-3,5-6,11-13H2;4-5,8-9,13-15H,2-3,6-7,10-12H2,1H3;4-5,11-15H,2-3,6-10H2,1H3. The zero-order chi connectivity index (χ0) is 88.8. The largest absolute Gasteiger partial charge is 0.341 e. The van der Waals surface area contributed by atoms with E-state index in [-0.39, 0.29) is 40.9 Å². The van der Waals surface area contributed by atoms with Crippen LogP contribution in [0, 0.1) is 17.8 Å². The summed E-state index contributed by atoms with van der Waals surface area (Å²) >= 11 is 12.3. The van der Waals surface area contributed by atoms with Crippen molar-refractivity contribution in [1.29, 1.82) is 0 Å². The third-order valence-corrected chi connectivity index (χ3v) is 27.7. The summed E-state index contributed by atoms with van der Waals surface area (Å²) in [5.74, 6) is 4.75. The van der Waals surface area contributed by atoms with Crippen LogP contribution >= 0.6 is 23.2 Å². The van der Waals surface area contributed by atoms with E-state index in [0.29, 0.717) is 23.4 Å². The molecule has 13 heterocycles. The maximum absolute atomic E-state index is 13.0. The number of hydrogen-bond acceptors (Lipinski definition) is 16. The van der Waals surface area contributed by atoms with Crippen LogP contribution in [0.25, 0.3) is 0 Å². The summed E-state index contributed by atoms with van der Waals surface area (Å²) in [5, 5.41) is 1.35. The molecule has 5 fully saturated rings. The number of nitrogens with zero attached hydrogens (tertiary/aromatic N) is 16. The zero-order valence-electron chi connectivity index (χ0n) is 74.8. The fourth-order valence-corrected chi connectivity index (χ4v) is 19.9. The van der Waals surface area contributed by atoms with Crippen molar-refractivity contribution in [3.8, 4) is 0 Å². The van der Waals surface area contributed by atoms with Gasteiger partial charge in [-0.2, -0.15) is 0 Å². The summed E-state index contributed by atoms with van der Waals surface area (Å²) in [6.07, 6.45) is 37.5. The molecule has 7 aromatic carbocycles. The molecule has 666 valence electrons. The van der Waals surface area contributed by atoms with E-state index in [1.54, 1.807) is 60.5 Å². The second-order valence-electron chi connectivity index (χ2n) is 36.7. The number of hydrogen-bond donors (Lipinski definition) is 0. The monoisotopic (exact) mass is 1760 g/mol. The number of rotatable bonds is 10. The molecule has 10 aliphatic rings. The molecule has 0 spiro atoms. The molecule has 0 unspecified atom stereocenters. The molecule has 24 heteroatoms. The van der Waals surface area contributed by atoms with Gasteiger partial charge in [-0.15, -0.1) is 0 Å². The second kappa shape index (κ2) is 41.6. The van der Waals surface area contributed by atoms with Crippen LogP contribution in [0.3, 0.4) is 0 Å². The van der Waals surface area contributed by atoms with Crippen molar-refractivity contribution in [3.63, 3.8) is 0 Å². The van der Waals surface area contributed by atoms with Gasteiger partial charge in [0.1, 0.15) is 6.33 Å². The number of carbonyl (C=O) groups excluding carboxylic acids is 6. The predicted octanol–water partition coefficient (Wildman–Crippen LogP) is 20.7. The Balaban J connectivity index is 0.000000118. The van der Waals surface area contributed by atoms with E-state index in [0.717, 1.165) is 297 Å². The molecule has 0 saturated carbocycles. The lowest BCUT2D eigenvalue weighted by Gasteiger charge is -2.40. The Bertz CT molecular complexity index is 5420. The highest BCUT2D eigenvalue weighted by Crippen LogP contribution is 2.45. The summed E-state index contributed by atoms with van der Waals surface area (Å²) in [4.78, 5) is 123. The molecule has 10 aliphatic heterocycles. The Kier molecular flexibility index (Phi) is 29.2. The maximum Gasteiger partial charge on any atom is 0.253 e. The zero-order valence-corrected chi connectivity index (χ0v) is 76.3. The number of amides is 6. The van der Waals surface area contributed by atoms with Crippen molar-refractivity contribution < 1.29 is 28.8 Å². The molecule has 22 nitrogen and oxygen atoms in total. The predicted molar refractivity (Wildman–Crippen MR) is 510 cm³/mol. The molecular weight excluding hydrogens is 1640 g/mol. The minimum atomic E-state index is 0.0285. The van der Waals surface area contributed by atoms with Crippen molar-refractivity contribution in [2.75, 3.05) is 116 Å². The normalized spacial score (nSPS) is 18.1. The fraction of sp³-hybridized carbons (Fsp3) is 0.423.